The van der Waals surface area contributed by atoms with Crippen molar-refractivity contribution in [1.29, 1.82) is 0 Å². The summed E-state index contributed by atoms with van der Waals surface area (Å²) in [6.45, 7) is 4.83. The van der Waals surface area contributed by atoms with Gasteiger partial charge in [0.25, 0.3) is 0 Å². The molecule has 1 aromatic heterocycles. The maximum Gasteiger partial charge on any atom is 0.416 e. The van der Waals surface area contributed by atoms with E-state index in [-0.39, 0.29) is 0 Å². The molecule has 0 saturated carbocycles. The van der Waals surface area contributed by atoms with Crippen molar-refractivity contribution in [3.63, 3.8) is 0 Å². The van der Waals surface area contributed by atoms with Crippen LogP contribution >= 0.6 is 0 Å². The summed E-state index contributed by atoms with van der Waals surface area (Å²) in [7, 11) is 0. The first-order valence-corrected chi connectivity index (χ1v) is 9.70. The highest BCUT2D eigenvalue weighted by Gasteiger charge is 2.30. The van der Waals surface area contributed by atoms with Crippen molar-refractivity contribution >= 4 is 5.97 Å². The highest BCUT2D eigenvalue weighted by Crippen LogP contribution is 2.29. The van der Waals surface area contributed by atoms with Crippen molar-refractivity contribution < 1.29 is 27.8 Å². The van der Waals surface area contributed by atoms with Crippen LogP contribution in [0, 0.1) is 6.92 Å². The fourth-order valence-corrected chi connectivity index (χ4v) is 3.02. The number of carbonyl (C=O) groups is 1. The Kier molecular flexibility index (Phi) is 6.10. The average molecular weight is 432 g/mol. The topological polar surface area (TPSA) is 64.4 Å². The number of carboxylic acid groups (broad SMARTS) is 1. The second-order valence-corrected chi connectivity index (χ2v) is 7.79. The van der Waals surface area contributed by atoms with Crippen molar-refractivity contribution in [2.24, 2.45) is 0 Å². The molecule has 5 nitrogen and oxygen atoms in total. The molecule has 1 N–H and O–H groups in total. The maximum atomic E-state index is 12.7. The summed E-state index contributed by atoms with van der Waals surface area (Å²) in [5, 5.41) is 13.6. The molecule has 1 heterocycles. The lowest BCUT2D eigenvalue weighted by Crippen LogP contribution is -2.37. The van der Waals surface area contributed by atoms with Crippen LogP contribution in [0.2, 0.25) is 0 Å². The Morgan fingerprint density at radius 1 is 1.03 bits per heavy atom. The second-order valence-electron chi connectivity index (χ2n) is 7.79. The van der Waals surface area contributed by atoms with Gasteiger partial charge in [0.15, 0.2) is 5.60 Å². The van der Waals surface area contributed by atoms with E-state index in [2.05, 4.69) is 5.10 Å². The molecule has 0 amide bonds. The predicted octanol–water partition coefficient (Wildman–Crippen LogP) is 5.23. The Hall–Kier alpha value is -3.29. The quantitative estimate of drug-likeness (QED) is 0.556. The molecule has 2 aromatic carbocycles. The number of rotatable bonds is 7. The van der Waals surface area contributed by atoms with Crippen LogP contribution in [0.3, 0.4) is 0 Å². The van der Waals surface area contributed by atoms with Gasteiger partial charge in [0.05, 0.1) is 16.9 Å². The van der Waals surface area contributed by atoms with Gasteiger partial charge in [-0.2, -0.15) is 18.3 Å². The van der Waals surface area contributed by atoms with Gasteiger partial charge in [-0.25, -0.2) is 9.48 Å². The lowest BCUT2D eigenvalue weighted by molar-refractivity contribution is -0.152. The number of aromatic nitrogens is 2. The molecular weight excluding hydrogens is 409 g/mol. The molecule has 0 fully saturated rings. The SMILES string of the molecule is Cc1nn(-c2ccc(C(F)(F)F)cc2)cc1CCc1ccc(OC(C)(C)C(=O)O)cc1. The summed E-state index contributed by atoms with van der Waals surface area (Å²) < 4.78 is 45.3. The third-order valence-electron chi connectivity index (χ3n) is 4.95. The van der Waals surface area contributed by atoms with E-state index in [0.29, 0.717) is 17.9 Å². The number of aryl methyl sites for hydroxylation is 3. The van der Waals surface area contributed by atoms with Crippen LogP contribution in [0.1, 0.15) is 36.2 Å². The Morgan fingerprint density at radius 3 is 2.19 bits per heavy atom. The molecule has 0 atom stereocenters. The van der Waals surface area contributed by atoms with Crippen molar-refractivity contribution in [3.05, 3.63) is 77.1 Å². The predicted molar refractivity (Wildman–Crippen MR) is 109 cm³/mol. The molecule has 0 aliphatic heterocycles. The zero-order valence-electron chi connectivity index (χ0n) is 17.4. The fraction of sp³-hybridized carbons (Fsp3) is 0.304. The Bertz CT molecular complexity index is 1050. The number of aliphatic carboxylic acids is 1. The highest BCUT2D eigenvalue weighted by atomic mass is 19.4. The number of ether oxygens (including phenoxy) is 1. The van der Waals surface area contributed by atoms with Crippen LogP contribution in [-0.2, 0) is 23.8 Å². The zero-order chi connectivity index (χ0) is 22.8. The third kappa shape index (κ3) is 5.45. The highest BCUT2D eigenvalue weighted by molar-refractivity contribution is 5.76. The standard InChI is InChI=1S/C23H23F3N2O3/c1-15-17(14-28(27-15)19-10-8-18(9-11-19)23(24,25)26)7-4-16-5-12-20(13-6-16)31-22(2,3)21(29)30/h5-6,8-14H,4,7H2,1-3H3,(H,29,30). The zero-order valence-corrected chi connectivity index (χ0v) is 17.4. The van der Waals surface area contributed by atoms with E-state index in [9.17, 15) is 18.0 Å². The van der Waals surface area contributed by atoms with Gasteiger partial charge in [-0.1, -0.05) is 12.1 Å². The van der Waals surface area contributed by atoms with Gasteiger partial charge in [0, 0.05) is 6.20 Å². The lowest BCUT2D eigenvalue weighted by Gasteiger charge is -2.21. The molecule has 164 valence electrons. The summed E-state index contributed by atoms with van der Waals surface area (Å²) >= 11 is 0. The molecule has 0 saturated heterocycles. The van der Waals surface area contributed by atoms with E-state index in [1.165, 1.54) is 26.0 Å². The molecule has 0 radical (unpaired) electrons. The number of benzene rings is 2. The first-order valence-electron chi connectivity index (χ1n) is 9.70. The van der Waals surface area contributed by atoms with Gasteiger partial charge < -0.3 is 9.84 Å². The maximum absolute atomic E-state index is 12.7. The Labute approximate surface area is 178 Å². The Morgan fingerprint density at radius 2 is 1.65 bits per heavy atom. The summed E-state index contributed by atoms with van der Waals surface area (Å²) in [5.41, 5.74) is 1.40. The summed E-state index contributed by atoms with van der Waals surface area (Å²) in [6, 6.07) is 12.1. The van der Waals surface area contributed by atoms with Crippen molar-refractivity contribution in [2.75, 3.05) is 0 Å². The van der Waals surface area contributed by atoms with Gasteiger partial charge in [-0.05, 0) is 81.1 Å². The van der Waals surface area contributed by atoms with Crippen molar-refractivity contribution in [2.45, 2.75) is 45.4 Å². The van der Waals surface area contributed by atoms with E-state index in [1.807, 2.05) is 25.3 Å². The van der Waals surface area contributed by atoms with Crippen LogP contribution in [0.5, 0.6) is 5.75 Å². The van der Waals surface area contributed by atoms with Crippen LogP contribution in [0.4, 0.5) is 13.2 Å². The monoisotopic (exact) mass is 432 g/mol. The molecule has 0 bridgehead atoms. The van der Waals surface area contributed by atoms with E-state index in [1.54, 1.807) is 16.8 Å². The number of hydrogen-bond donors (Lipinski definition) is 1. The first-order chi connectivity index (χ1) is 14.5. The summed E-state index contributed by atoms with van der Waals surface area (Å²) in [5.74, 6) is -0.570. The molecule has 0 spiro atoms. The molecule has 31 heavy (non-hydrogen) atoms. The lowest BCUT2D eigenvalue weighted by atomic mass is 10.0. The van der Waals surface area contributed by atoms with E-state index < -0.39 is 23.3 Å². The molecule has 0 unspecified atom stereocenters. The molecule has 3 aromatic rings. The van der Waals surface area contributed by atoms with E-state index in [0.717, 1.165) is 35.4 Å². The first kappa shape index (κ1) is 22.4. The van der Waals surface area contributed by atoms with E-state index in [4.69, 9.17) is 9.84 Å². The number of hydrogen-bond acceptors (Lipinski definition) is 3. The molecule has 8 heteroatoms. The van der Waals surface area contributed by atoms with Crippen molar-refractivity contribution in [1.82, 2.24) is 9.78 Å². The van der Waals surface area contributed by atoms with E-state index >= 15 is 0 Å². The number of halogens is 3. The minimum atomic E-state index is -4.37. The van der Waals surface area contributed by atoms with Crippen LogP contribution in [0.15, 0.2) is 54.7 Å². The summed E-state index contributed by atoms with van der Waals surface area (Å²) in [4.78, 5) is 11.2. The number of nitrogens with zero attached hydrogens (tertiary/aromatic N) is 2. The van der Waals surface area contributed by atoms with Crippen molar-refractivity contribution in [3.8, 4) is 11.4 Å². The fourth-order valence-electron chi connectivity index (χ4n) is 3.02. The van der Waals surface area contributed by atoms with Crippen LogP contribution < -0.4 is 4.74 Å². The Balaban J connectivity index is 1.65. The van der Waals surface area contributed by atoms with Crippen LogP contribution in [-0.4, -0.2) is 26.5 Å². The average Bonchev–Trinajstić information content (AvgIpc) is 3.07. The largest absolute Gasteiger partial charge is 0.478 e. The minimum Gasteiger partial charge on any atom is -0.478 e. The number of carboxylic acids is 1. The third-order valence-corrected chi connectivity index (χ3v) is 4.95. The smallest absolute Gasteiger partial charge is 0.416 e. The molecule has 3 rings (SSSR count). The van der Waals surface area contributed by atoms with Crippen LogP contribution in [0.25, 0.3) is 5.69 Å². The number of alkyl halides is 3. The van der Waals surface area contributed by atoms with Gasteiger partial charge >= 0.3 is 12.1 Å². The van der Waals surface area contributed by atoms with Gasteiger partial charge in [-0.3, -0.25) is 0 Å². The van der Waals surface area contributed by atoms with Gasteiger partial charge in [0.1, 0.15) is 5.75 Å². The minimum absolute atomic E-state index is 0.474. The normalized spacial score (nSPS) is 12.1. The van der Waals surface area contributed by atoms with Gasteiger partial charge in [-0.15, -0.1) is 0 Å². The van der Waals surface area contributed by atoms with Gasteiger partial charge in [0.2, 0.25) is 0 Å². The molecule has 0 aliphatic carbocycles. The molecule has 0 aliphatic rings. The summed E-state index contributed by atoms with van der Waals surface area (Å²) in [6.07, 6.45) is -1.12. The second kappa shape index (κ2) is 8.45. The molecular formula is C23H23F3N2O3.